The van der Waals surface area contributed by atoms with E-state index in [1.54, 1.807) is 0 Å². The monoisotopic (exact) mass is 119 g/mol. The molecular formula is C5H10FNO. The number of hydrogen-bond donors (Lipinski definition) is 2. The van der Waals surface area contributed by atoms with Crippen molar-refractivity contribution in [2.24, 2.45) is 0 Å². The smallest absolute Gasteiger partial charge is 0.115 e. The number of halogens is 1. The van der Waals surface area contributed by atoms with Gasteiger partial charge < -0.3 is 10.4 Å². The summed E-state index contributed by atoms with van der Waals surface area (Å²) in [5, 5.41) is 11.5. The second-order valence-corrected chi connectivity index (χ2v) is 2.15. The van der Waals surface area contributed by atoms with Gasteiger partial charge >= 0.3 is 0 Å². The Morgan fingerprint density at radius 1 is 1.50 bits per heavy atom. The highest BCUT2D eigenvalue weighted by molar-refractivity contribution is 4.73. The van der Waals surface area contributed by atoms with E-state index in [0.29, 0.717) is 19.5 Å². The van der Waals surface area contributed by atoms with Gasteiger partial charge in [-0.3, -0.25) is 0 Å². The van der Waals surface area contributed by atoms with Crippen molar-refractivity contribution < 1.29 is 9.50 Å². The van der Waals surface area contributed by atoms with Crippen molar-refractivity contribution in [3.05, 3.63) is 0 Å². The fourth-order valence-electron chi connectivity index (χ4n) is 0.868. The lowest BCUT2D eigenvalue weighted by Gasteiger charge is -2.20. The van der Waals surface area contributed by atoms with Crippen molar-refractivity contribution in [3.63, 3.8) is 0 Å². The molecule has 1 fully saturated rings. The molecule has 1 heterocycles. The molecule has 1 aliphatic rings. The number of β-amino-alcohol motifs (C(OH)–C–C–N with tert-alkyl or cyclic N) is 1. The fraction of sp³-hybridized carbons (Fsp3) is 1.00. The molecule has 0 aromatic heterocycles. The molecule has 2 atom stereocenters. The van der Waals surface area contributed by atoms with E-state index in [1.807, 2.05) is 0 Å². The average molecular weight is 119 g/mol. The van der Waals surface area contributed by atoms with Crippen LogP contribution in [0.25, 0.3) is 0 Å². The third-order valence-corrected chi connectivity index (χ3v) is 1.27. The highest BCUT2D eigenvalue weighted by atomic mass is 19.1. The predicted octanol–water partition coefficient (Wildman–Crippen LogP) is -0.321. The molecule has 0 spiro atoms. The number of nitrogens with one attached hydrogen (secondary N) is 1. The van der Waals surface area contributed by atoms with Gasteiger partial charge in [0.2, 0.25) is 0 Å². The van der Waals surface area contributed by atoms with Crippen LogP contribution < -0.4 is 5.32 Å². The highest BCUT2D eigenvalue weighted by Crippen LogP contribution is 2.04. The zero-order valence-electron chi connectivity index (χ0n) is 4.60. The molecule has 0 amide bonds. The summed E-state index contributed by atoms with van der Waals surface area (Å²) in [4.78, 5) is 0. The quantitative estimate of drug-likeness (QED) is 0.458. The molecule has 1 aliphatic heterocycles. The minimum absolute atomic E-state index is 0.299. The Hall–Kier alpha value is -0.150. The Bertz CT molecular complexity index is 70.8. The van der Waals surface area contributed by atoms with Gasteiger partial charge in [-0.05, 0) is 0 Å². The second-order valence-electron chi connectivity index (χ2n) is 2.15. The number of aliphatic hydroxyl groups excluding tert-OH is 1. The van der Waals surface area contributed by atoms with Crippen molar-refractivity contribution in [2.45, 2.75) is 18.7 Å². The lowest BCUT2D eigenvalue weighted by molar-refractivity contribution is 0.0967. The van der Waals surface area contributed by atoms with Gasteiger partial charge in [0.1, 0.15) is 6.17 Å². The first-order valence-electron chi connectivity index (χ1n) is 2.82. The zero-order valence-corrected chi connectivity index (χ0v) is 4.60. The maximum absolute atomic E-state index is 12.2. The zero-order chi connectivity index (χ0) is 5.98. The van der Waals surface area contributed by atoms with Gasteiger partial charge in [0.15, 0.2) is 0 Å². The Morgan fingerprint density at radius 2 is 2.25 bits per heavy atom. The van der Waals surface area contributed by atoms with Crippen molar-refractivity contribution in [3.8, 4) is 0 Å². The van der Waals surface area contributed by atoms with E-state index in [0.717, 1.165) is 0 Å². The summed E-state index contributed by atoms with van der Waals surface area (Å²) in [5.41, 5.74) is 0. The maximum atomic E-state index is 12.2. The molecule has 8 heavy (non-hydrogen) atoms. The summed E-state index contributed by atoms with van der Waals surface area (Å²) in [5.74, 6) is 0. The summed E-state index contributed by atoms with van der Waals surface area (Å²) >= 11 is 0. The van der Waals surface area contributed by atoms with Crippen molar-refractivity contribution in [1.82, 2.24) is 5.32 Å². The highest BCUT2D eigenvalue weighted by Gasteiger charge is 2.17. The molecule has 1 saturated heterocycles. The molecule has 2 N–H and O–H groups in total. The van der Waals surface area contributed by atoms with E-state index < -0.39 is 12.3 Å². The molecule has 0 unspecified atom stereocenters. The van der Waals surface area contributed by atoms with Crippen molar-refractivity contribution in [1.29, 1.82) is 0 Å². The van der Waals surface area contributed by atoms with Gasteiger partial charge in [0.05, 0.1) is 6.10 Å². The summed E-state index contributed by atoms with van der Waals surface area (Å²) in [6.45, 7) is 0.942. The predicted molar refractivity (Wildman–Crippen MR) is 28.4 cm³/mol. The number of rotatable bonds is 0. The van der Waals surface area contributed by atoms with E-state index in [1.165, 1.54) is 0 Å². The number of piperidine rings is 1. The van der Waals surface area contributed by atoms with E-state index >= 15 is 0 Å². The molecule has 48 valence electrons. The van der Waals surface area contributed by atoms with Gasteiger partial charge in [-0.15, -0.1) is 0 Å². The SMILES string of the molecule is O[C@@H]1CNC[C@@H](F)C1. The van der Waals surface area contributed by atoms with E-state index in [-0.39, 0.29) is 0 Å². The third kappa shape index (κ3) is 1.42. The Labute approximate surface area is 47.7 Å². The summed E-state index contributed by atoms with van der Waals surface area (Å²) in [6, 6.07) is 0. The van der Waals surface area contributed by atoms with Gasteiger partial charge in [-0.2, -0.15) is 0 Å². The van der Waals surface area contributed by atoms with E-state index in [2.05, 4.69) is 5.32 Å². The lowest BCUT2D eigenvalue weighted by Crippen LogP contribution is -2.40. The largest absolute Gasteiger partial charge is 0.392 e. The molecule has 0 aliphatic carbocycles. The summed E-state index contributed by atoms with van der Waals surface area (Å²) < 4.78 is 12.2. The van der Waals surface area contributed by atoms with Crippen LogP contribution in [0, 0.1) is 0 Å². The van der Waals surface area contributed by atoms with Crippen LogP contribution in [0.3, 0.4) is 0 Å². The Morgan fingerprint density at radius 3 is 2.62 bits per heavy atom. The molecule has 0 aromatic carbocycles. The standard InChI is InChI=1S/C5H10FNO/c6-4-1-5(8)3-7-2-4/h4-5,7-8H,1-3H2/t4-,5-/m0/s1. The molecule has 0 aromatic rings. The van der Waals surface area contributed by atoms with Crippen LogP contribution in [-0.4, -0.2) is 30.5 Å². The number of aliphatic hydroxyl groups is 1. The normalized spacial score (nSPS) is 39.8. The topological polar surface area (TPSA) is 32.3 Å². The van der Waals surface area contributed by atoms with Crippen LogP contribution in [0.5, 0.6) is 0 Å². The Kier molecular flexibility index (Phi) is 1.81. The molecule has 2 nitrogen and oxygen atoms in total. The van der Waals surface area contributed by atoms with Crippen LogP contribution in [0.1, 0.15) is 6.42 Å². The van der Waals surface area contributed by atoms with Crippen LogP contribution in [0.15, 0.2) is 0 Å². The summed E-state index contributed by atoms with van der Waals surface area (Å²) in [6.07, 6.45) is -1.02. The molecule has 1 rings (SSSR count). The van der Waals surface area contributed by atoms with E-state index in [9.17, 15) is 4.39 Å². The molecular weight excluding hydrogens is 109 g/mol. The molecule has 3 heteroatoms. The first kappa shape index (κ1) is 5.98. The van der Waals surface area contributed by atoms with Crippen molar-refractivity contribution >= 4 is 0 Å². The van der Waals surface area contributed by atoms with Gasteiger partial charge in [-0.25, -0.2) is 4.39 Å². The van der Waals surface area contributed by atoms with Crippen LogP contribution in [-0.2, 0) is 0 Å². The molecule has 0 saturated carbocycles. The van der Waals surface area contributed by atoms with Crippen LogP contribution >= 0.6 is 0 Å². The third-order valence-electron chi connectivity index (χ3n) is 1.27. The first-order chi connectivity index (χ1) is 3.79. The van der Waals surface area contributed by atoms with Crippen molar-refractivity contribution in [2.75, 3.05) is 13.1 Å². The van der Waals surface area contributed by atoms with Crippen LogP contribution in [0.2, 0.25) is 0 Å². The number of hydrogen-bond acceptors (Lipinski definition) is 2. The van der Waals surface area contributed by atoms with Gasteiger partial charge in [-0.1, -0.05) is 0 Å². The summed E-state index contributed by atoms with van der Waals surface area (Å²) in [7, 11) is 0. The van der Waals surface area contributed by atoms with Gasteiger partial charge in [0.25, 0.3) is 0 Å². The first-order valence-corrected chi connectivity index (χ1v) is 2.82. The average Bonchev–Trinajstić information content (AvgIpc) is 1.64. The van der Waals surface area contributed by atoms with Crippen LogP contribution in [0.4, 0.5) is 4.39 Å². The number of alkyl halides is 1. The molecule has 0 radical (unpaired) electrons. The Balaban J connectivity index is 2.23. The second kappa shape index (κ2) is 2.42. The minimum atomic E-state index is -0.848. The fourth-order valence-corrected chi connectivity index (χ4v) is 0.868. The van der Waals surface area contributed by atoms with Gasteiger partial charge in [0, 0.05) is 19.5 Å². The minimum Gasteiger partial charge on any atom is -0.392 e. The lowest BCUT2D eigenvalue weighted by atomic mass is 10.1. The van der Waals surface area contributed by atoms with E-state index in [4.69, 9.17) is 5.11 Å². The maximum Gasteiger partial charge on any atom is 0.115 e. The molecule has 0 bridgehead atoms.